The van der Waals surface area contributed by atoms with Crippen molar-refractivity contribution in [3.63, 3.8) is 0 Å². The Morgan fingerprint density at radius 3 is 2.48 bits per heavy atom. The molecule has 0 bridgehead atoms. The van der Waals surface area contributed by atoms with Crippen LogP contribution in [-0.4, -0.2) is 31.6 Å². The highest BCUT2D eigenvalue weighted by molar-refractivity contribution is 6.03. The second-order valence-corrected chi connectivity index (χ2v) is 5.67. The van der Waals surface area contributed by atoms with Crippen LogP contribution in [0.5, 0.6) is 11.5 Å². The molecule has 0 saturated carbocycles. The van der Waals surface area contributed by atoms with Crippen molar-refractivity contribution in [2.45, 2.75) is 12.8 Å². The summed E-state index contributed by atoms with van der Waals surface area (Å²) in [4.78, 5) is 23.8. The Morgan fingerprint density at radius 2 is 1.68 bits per heavy atom. The lowest BCUT2D eigenvalue weighted by atomic mass is 10.1. The van der Waals surface area contributed by atoms with Crippen molar-refractivity contribution < 1.29 is 19.1 Å². The Hall–Kier alpha value is -3.02. The summed E-state index contributed by atoms with van der Waals surface area (Å²) in [5.74, 6) is 0.583. The maximum atomic E-state index is 12.0. The van der Waals surface area contributed by atoms with Gasteiger partial charge in [-0.3, -0.25) is 9.59 Å². The Balaban J connectivity index is 1.43. The van der Waals surface area contributed by atoms with E-state index in [1.165, 1.54) is 0 Å². The molecule has 3 rings (SSSR count). The first-order valence-corrected chi connectivity index (χ1v) is 8.21. The monoisotopic (exact) mass is 340 g/mol. The van der Waals surface area contributed by atoms with Gasteiger partial charge in [0.2, 0.25) is 11.8 Å². The Kier molecular flexibility index (Phi) is 5.51. The van der Waals surface area contributed by atoms with Crippen LogP contribution in [0.4, 0.5) is 5.69 Å². The van der Waals surface area contributed by atoms with E-state index in [1.807, 2.05) is 30.3 Å². The molecule has 6 nitrogen and oxygen atoms in total. The summed E-state index contributed by atoms with van der Waals surface area (Å²) in [6.45, 7) is 1.50. The highest BCUT2D eigenvalue weighted by atomic mass is 16.6. The number of anilines is 1. The molecule has 2 amide bonds. The Bertz CT molecular complexity index is 746. The third-order valence-electron chi connectivity index (χ3n) is 3.73. The molecule has 130 valence electrons. The molecule has 1 aliphatic heterocycles. The van der Waals surface area contributed by atoms with Gasteiger partial charge in [-0.25, -0.2) is 0 Å². The van der Waals surface area contributed by atoms with Crippen molar-refractivity contribution in [3.05, 3.63) is 54.1 Å². The fraction of sp³-hybridized carbons (Fsp3) is 0.263. The molecule has 1 aliphatic rings. The number of amides is 2. The van der Waals surface area contributed by atoms with Crippen molar-refractivity contribution in [2.75, 3.05) is 25.1 Å². The molecule has 0 aromatic heterocycles. The van der Waals surface area contributed by atoms with Crippen molar-refractivity contribution in [1.29, 1.82) is 0 Å². The number of hydrogen-bond donors (Lipinski definition) is 2. The van der Waals surface area contributed by atoms with E-state index in [9.17, 15) is 9.59 Å². The van der Waals surface area contributed by atoms with Gasteiger partial charge in [-0.15, -0.1) is 0 Å². The number of carbonyl (C=O) groups excluding carboxylic acids is 2. The molecular weight excluding hydrogens is 320 g/mol. The van der Waals surface area contributed by atoms with Crippen LogP contribution < -0.4 is 20.1 Å². The largest absolute Gasteiger partial charge is 0.486 e. The third-order valence-corrected chi connectivity index (χ3v) is 3.73. The van der Waals surface area contributed by atoms with Gasteiger partial charge in [0.1, 0.15) is 19.6 Å². The van der Waals surface area contributed by atoms with Gasteiger partial charge in [0.25, 0.3) is 0 Å². The summed E-state index contributed by atoms with van der Waals surface area (Å²) < 4.78 is 10.9. The van der Waals surface area contributed by atoms with E-state index >= 15 is 0 Å². The van der Waals surface area contributed by atoms with E-state index < -0.39 is 0 Å². The van der Waals surface area contributed by atoms with Crippen LogP contribution in [0.25, 0.3) is 0 Å². The molecular formula is C19H20N2O4. The quantitative estimate of drug-likeness (QED) is 0.790. The summed E-state index contributed by atoms with van der Waals surface area (Å²) in [5.41, 5.74) is 1.72. The minimum Gasteiger partial charge on any atom is -0.486 e. The van der Waals surface area contributed by atoms with Crippen LogP contribution in [0.1, 0.15) is 12.0 Å². The van der Waals surface area contributed by atoms with Crippen molar-refractivity contribution in [3.8, 4) is 11.5 Å². The van der Waals surface area contributed by atoms with Gasteiger partial charge in [-0.05, 0) is 24.1 Å². The summed E-state index contributed by atoms with van der Waals surface area (Å²) in [6.07, 6.45) is 0.513. The minimum absolute atomic E-state index is 0.219. The first-order valence-electron chi connectivity index (χ1n) is 8.21. The molecule has 6 heteroatoms. The van der Waals surface area contributed by atoms with Crippen LogP contribution in [-0.2, 0) is 16.0 Å². The molecule has 0 spiro atoms. The number of rotatable bonds is 6. The Labute approximate surface area is 146 Å². The van der Waals surface area contributed by atoms with Gasteiger partial charge in [0.05, 0.1) is 0 Å². The van der Waals surface area contributed by atoms with Crippen molar-refractivity contribution in [2.24, 2.45) is 0 Å². The summed E-state index contributed by atoms with van der Waals surface area (Å²) in [5, 5.41) is 5.45. The molecule has 0 radical (unpaired) electrons. The summed E-state index contributed by atoms with van der Waals surface area (Å²) in [7, 11) is 0. The van der Waals surface area contributed by atoms with Crippen molar-refractivity contribution >= 4 is 17.5 Å². The molecule has 2 N–H and O–H groups in total. The van der Waals surface area contributed by atoms with Gasteiger partial charge in [-0.1, -0.05) is 30.3 Å². The fourth-order valence-electron chi connectivity index (χ4n) is 2.53. The zero-order chi connectivity index (χ0) is 17.5. The van der Waals surface area contributed by atoms with Crippen LogP contribution >= 0.6 is 0 Å². The highest BCUT2D eigenvalue weighted by Crippen LogP contribution is 2.32. The molecule has 1 heterocycles. The smallest absolute Gasteiger partial charge is 0.233 e. The van der Waals surface area contributed by atoms with Crippen LogP contribution in [0.15, 0.2) is 48.5 Å². The van der Waals surface area contributed by atoms with E-state index in [0.717, 1.165) is 12.0 Å². The zero-order valence-electron chi connectivity index (χ0n) is 13.8. The molecule has 0 saturated heterocycles. The van der Waals surface area contributed by atoms with E-state index in [-0.39, 0.29) is 18.2 Å². The number of fused-ring (bicyclic) bond motifs is 1. The van der Waals surface area contributed by atoms with Crippen molar-refractivity contribution in [1.82, 2.24) is 5.32 Å². The average molecular weight is 340 g/mol. The summed E-state index contributed by atoms with van der Waals surface area (Å²) in [6, 6.07) is 15.0. The lowest BCUT2D eigenvalue weighted by Crippen LogP contribution is -2.29. The second kappa shape index (κ2) is 8.19. The van der Waals surface area contributed by atoms with Gasteiger partial charge in [-0.2, -0.15) is 0 Å². The third kappa shape index (κ3) is 4.97. The molecule has 2 aromatic carbocycles. The number of nitrogens with one attached hydrogen (secondary N) is 2. The molecule has 0 unspecified atom stereocenters. The minimum atomic E-state index is -0.367. The Morgan fingerprint density at radius 1 is 0.920 bits per heavy atom. The van der Waals surface area contributed by atoms with E-state index in [0.29, 0.717) is 36.9 Å². The maximum Gasteiger partial charge on any atom is 0.233 e. The predicted molar refractivity (Wildman–Crippen MR) is 93.8 cm³/mol. The average Bonchev–Trinajstić information content (AvgIpc) is 2.62. The number of carbonyl (C=O) groups is 2. The first kappa shape index (κ1) is 16.8. The molecule has 0 aliphatic carbocycles. The van der Waals surface area contributed by atoms with Gasteiger partial charge in [0, 0.05) is 18.3 Å². The molecule has 0 atom stereocenters. The van der Waals surface area contributed by atoms with E-state index in [2.05, 4.69) is 10.6 Å². The molecule has 25 heavy (non-hydrogen) atoms. The SMILES string of the molecule is O=C(CC(=O)Nc1ccc2c(c1)OCCO2)NCCc1ccccc1. The van der Waals surface area contributed by atoms with E-state index in [1.54, 1.807) is 18.2 Å². The van der Waals surface area contributed by atoms with Crippen LogP contribution in [0, 0.1) is 0 Å². The first-order chi connectivity index (χ1) is 12.2. The van der Waals surface area contributed by atoms with Crippen LogP contribution in [0.3, 0.4) is 0 Å². The number of ether oxygens (including phenoxy) is 2. The van der Waals surface area contributed by atoms with Gasteiger partial charge < -0.3 is 20.1 Å². The molecule has 0 fully saturated rings. The van der Waals surface area contributed by atoms with Gasteiger partial charge >= 0.3 is 0 Å². The predicted octanol–water partition coefficient (Wildman–Crippen LogP) is 2.15. The van der Waals surface area contributed by atoms with E-state index in [4.69, 9.17) is 9.47 Å². The standard InChI is InChI=1S/C19H20N2O4/c22-18(20-9-8-14-4-2-1-3-5-14)13-19(23)21-15-6-7-16-17(12-15)25-11-10-24-16/h1-7,12H,8-11,13H2,(H,20,22)(H,21,23). The van der Waals surface area contributed by atoms with Crippen LogP contribution in [0.2, 0.25) is 0 Å². The highest BCUT2D eigenvalue weighted by Gasteiger charge is 2.14. The normalized spacial score (nSPS) is 12.3. The maximum absolute atomic E-state index is 12.0. The lowest BCUT2D eigenvalue weighted by Gasteiger charge is -2.19. The second-order valence-electron chi connectivity index (χ2n) is 5.67. The fourth-order valence-corrected chi connectivity index (χ4v) is 2.53. The van der Waals surface area contributed by atoms with Gasteiger partial charge in [0.15, 0.2) is 11.5 Å². The number of benzene rings is 2. The molecule has 2 aromatic rings. The number of hydrogen-bond acceptors (Lipinski definition) is 4. The topological polar surface area (TPSA) is 76.7 Å². The summed E-state index contributed by atoms with van der Waals surface area (Å²) >= 11 is 0. The lowest BCUT2D eigenvalue weighted by molar-refractivity contribution is -0.126. The zero-order valence-corrected chi connectivity index (χ0v) is 13.8.